The van der Waals surface area contributed by atoms with E-state index in [1.807, 2.05) is 0 Å². The Morgan fingerprint density at radius 1 is 1.24 bits per heavy atom. The van der Waals surface area contributed by atoms with Gasteiger partial charge in [0.2, 0.25) is 5.91 Å². The molecule has 2 rings (SSSR count). The fraction of sp³-hybridized carbons (Fsp3) is 0.357. The summed E-state index contributed by atoms with van der Waals surface area (Å²) in [4.78, 5) is 35.1. The van der Waals surface area contributed by atoms with Crippen molar-refractivity contribution in [2.75, 3.05) is 23.3 Å². The Bertz CT molecular complexity index is 542. The summed E-state index contributed by atoms with van der Waals surface area (Å²) >= 11 is 0. The fourth-order valence-electron chi connectivity index (χ4n) is 2.07. The largest absolute Gasteiger partial charge is 0.481 e. The highest BCUT2D eigenvalue weighted by Crippen LogP contribution is 2.19. The van der Waals surface area contributed by atoms with Gasteiger partial charge in [-0.15, -0.1) is 0 Å². The third-order valence-corrected chi connectivity index (χ3v) is 3.11. The summed E-state index contributed by atoms with van der Waals surface area (Å²) in [6.45, 7) is 1.25. The van der Waals surface area contributed by atoms with Gasteiger partial charge in [-0.05, 0) is 30.7 Å². The molecule has 3 amide bonds. The maximum Gasteiger partial charge on any atom is 0.321 e. The van der Waals surface area contributed by atoms with Gasteiger partial charge in [0.05, 0.1) is 0 Å². The standard InChI is InChI=1S/C14H17N3O4/c18-12(2-1-3-13(19)20)16-10-4-6-11(7-5-10)17-9-8-15-14(17)21/h4-7H,1-3,8-9H2,(H,15,21)(H,16,18)(H,19,20). The topological polar surface area (TPSA) is 98.7 Å². The molecule has 0 saturated carbocycles. The van der Waals surface area contributed by atoms with Crippen LogP contribution in [0.5, 0.6) is 0 Å². The van der Waals surface area contributed by atoms with Crippen molar-refractivity contribution in [3.05, 3.63) is 24.3 Å². The molecular weight excluding hydrogens is 274 g/mol. The van der Waals surface area contributed by atoms with Gasteiger partial charge in [0, 0.05) is 37.3 Å². The molecule has 1 aliphatic heterocycles. The van der Waals surface area contributed by atoms with Gasteiger partial charge in [0.15, 0.2) is 0 Å². The third-order valence-electron chi connectivity index (χ3n) is 3.11. The SMILES string of the molecule is O=C(O)CCCC(=O)Nc1ccc(N2CCNC2=O)cc1. The normalized spacial score (nSPS) is 13.9. The number of nitrogens with one attached hydrogen (secondary N) is 2. The maximum absolute atomic E-state index is 11.6. The van der Waals surface area contributed by atoms with Crippen molar-refractivity contribution in [3.63, 3.8) is 0 Å². The van der Waals surface area contributed by atoms with Gasteiger partial charge >= 0.3 is 12.0 Å². The Morgan fingerprint density at radius 3 is 2.52 bits per heavy atom. The summed E-state index contributed by atoms with van der Waals surface area (Å²) in [5, 5.41) is 13.9. The summed E-state index contributed by atoms with van der Waals surface area (Å²) in [6, 6.07) is 6.84. The molecule has 1 aromatic carbocycles. The molecule has 0 spiro atoms. The number of benzene rings is 1. The Kier molecular flexibility index (Phi) is 4.76. The second kappa shape index (κ2) is 6.74. The first-order chi connectivity index (χ1) is 10.1. The smallest absolute Gasteiger partial charge is 0.321 e. The van der Waals surface area contributed by atoms with Crippen molar-refractivity contribution in [2.24, 2.45) is 0 Å². The molecule has 0 aromatic heterocycles. The van der Waals surface area contributed by atoms with Gasteiger partial charge < -0.3 is 15.7 Å². The van der Waals surface area contributed by atoms with Crippen molar-refractivity contribution in [2.45, 2.75) is 19.3 Å². The molecule has 7 heteroatoms. The van der Waals surface area contributed by atoms with E-state index in [9.17, 15) is 14.4 Å². The minimum Gasteiger partial charge on any atom is -0.481 e. The molecule has 21 heavy (non-hydrogen) atoms. The van der Waals surface area contributed by atoms with Gasteiger partial charge in [0.1, 0.15) is 0 Å². The summed E-state index contributed by atoms with van der Waals surface area (Å²) in [5.74, 6) is -1.13. The average molecular weight is 291 g/mol. The van der Waals surface area contributed by atoms with E-state index in [1.165, 1.54) is 0 Å². The van der Waals surface area contributed by atoms with Gasteiger partial charge in [-0.2, -0.15) is 0 Å². The lowest BCUT2D eigenvalue weighted by Gasteiger charge is -2.14. The number of carboxylic acids is 1. The molecule has 3 N–H and O–H groups in total. The molecule has 1 saturated heterocycles. The van der Waals surface area contributed by atoms with Gasteiger partial charge in [-0.25, -0.2) is 4.79 Å². The van der Waals surface area contributed by atoms with Crippen LogP contribution < -0.4 is 15.5 Å². The monoisotopic (exact) mass is 291 g/mol. The Labute approximate surface area is 121 Å². The molecular formula is C14H17N3O4. The zero-order valence-electron chi connectivity index (χ0n) is 11.5. The van der Waals surface area contributed by atoms with Crippen molar-refractivity contribution < 1.29 is 19.5 Å². The summed E-state index contributed by atoms with van der Waals surface area (Å²) in [6.07, 6.45) is 0.464. The van der Waals surface area contributed by atoms with Crippen LogP contribution in [0.4, 0.5) is 16.2 Å². The predicted octanol–water partition coefficient (Wildman–Crippen LogP) is 1.41. The molecule has 1 heterocycles. The third kappa shape index (κ3) is 4.20. The number of nitrogens with zero attached hydrogens (tertiary/aromatic N) is 1. The van der Waals surface area contributed by atoms with E-state index in [0.29, 0.717) is 25.2 Å². The van der Waals surface area contributed by atoms with Crippen LogP contribution in [-0.2, 0) is 9.59 Å². The van der Waals surface area contributed by atoms with Crippen LogP contribution in [0, 0.1) is 0 Å². The van der Waals surface area contributed by atoms with Crippen molar-refractivity contribution in [1.29, 1.82) is 0 Å². The van der Waals surface area contributed by atoms with Crippen LogP contribution in [0.2, 0.25) is 0 Å². The molecule has 0 radical (unpaired) electrons. The molecule has 1 aromatic rings. The maximum atomic E-state index is 11.6. The van der Waals surface area contributed by atoms with Crippen LogP contribution in [0.25, 0.3) is 0 Å². The Morgan fingerprint density at radius 2 is 1.95 bits per heavy atom. The van der Waals surface area contributed by atoms with Crippen molar-refractivity contribution in [1.82, 2.24) is 5.32 Å². The van der Waals surface area contributed by atoms with E-state index in [2.05, 4.69) is 10.6 Å². The zero-order chi connectivity index (χ0) is 15.2. The number of carboxylic acid groups (broad SMARTS) is 1. The minimum atomic E-state index is -0.906. The molecule has 0 atom stereocenters. The van der Waals surface area contributed by atoms with Crippen molar-refractivity contribution in [3.8, 4) is 0 Å². The molecule has 1 fully saturated rings. The Hall–Kier alpha value is -2.57. The lowest BCUT2D eigenvalue weighted by atomic mass is 10.2. The van der Waals surface area contributed by atoms with E-state index < -0.39 is 5.97 Å². The van der Waals surface area contributed by atoms with E-state index in [-0.39, 0.29) is 24.8 Å². The minimum absolute atomic E-state index is 0.0174. The number of carbonyl (C=O) groups is 3. The van der Waals surface area contributed by atoms with Gasteiger partial charge in [-0.1, -0.05) is 0 Å². The summed E-state index contributed by atoms with van der Waals surface area (Å²) in [5.41, 5.74) is 1.40. The number of carbonyl (C=O) groups excluding carboxylic acids is 2. The summed E-state index contributed by atoms with van der Waals surface area (Å²) < 4.78 is 0. The van der Waals surface area contributed by atoms with E-state index >= 15 is 0 Å². The van der Waals surface area contributed by atoms with Crippen LogP contribution >= 0.6 is 0 Å². The number of amides is 3. The highest BCUT2D eigenvalue weighted by molar-refractivity contribution is 5.95. The fourth-order valence-corrected chi connectivity index (χ4v) is 2.07. The Balaban J connectivity index is 1.86. The van der Waals surface area contributed by atoms with Crippen molar-refractivity contribution >= 4 is 29.3 Å². The number of hydrogen-bond donors (Lipinski definition) is 3. The van der Waals surface area contributed by atoms with Crippen LogP contribution in [0.3, 0.4) is 0 Å². The second-order valence-electron chi connectivity index (χ2n) is 4.73. The van der Waals surface area contributed by atoms with Crippen LogP contribution in [0.15, 0.2) is 24.3 Å². The first-order valence-electron chi connectivity index (χ1n) is 6.73. The second-order valence-corrected chi connectivity index (χ2v) is 4.73. The number of anilines is 2. The van der Waals surface area contributed by atoms with Gasteiger partial charge in [0.25, 0.3) is 0 Å². The summed E-state index contributed by atoms with van der Waals surface area (Å²) in [7, 11) is 0. The van der Waals surface area contributed by atoms with Crippen LogP contribution in [0.1, 0.15) is 19.3 Å². The highest BCUT2D eigenvalue weighted by Gasteiger charge is 2.20. The number of rotatable bonds is 6. The average Bonchev–Trinajstić information content (AvgIpc) is 2.85. The predicted molar refractivity (Wildman–Crippen MR) is 77.3 cm³/mol. The molecule has 1 aliphatic rings. The lowest BCUT2D eigenvalue weighted by molar-refractivity contribution is -0.137. The van der Waals surface area contributed by atoms with E-state index in [0.717, 1.165) is 5.69 Å². The molecule has 0 aliphatic carbocycles. The molecule has 7 nitrogen and oxygen atoms in total. The van der Waals surface area contributed by atoms with Gasteiger partial charge in [-0.3, -0.25) is 14.5 Å². The van der Waals surface area contributed by atoms with E-state index in [1.54, 1.807) is 29.2 Å². The van der Waals surface area contributed by atoms with E-state index in [4.69, 9.17) is 5.11 Å². The molecule has 0 unspecified atom stereocenters. The first-order valence-corrected chi connectivity index (χ1v) is 6.73. The lowest BCUT2D eigenvalue weighted by Crippen LogP contribution is -2.27. The molecule has 112 valence electrons. The quantitative estimate of drug-likeness (QED) is 0.738. The van der Waals surface area contributed by atoms with Crippen LogP contribution in [-0.4, -0.2) is 36.1 Å². The molecule has 0 bridgehead atoms. The number of urea groups is 1. The number of aliphatic carboxylic acids is 1. The number of hydrogen-bond acceptors (Lipinski definition) is 3. The zero-order valence-corrected chi connectivity index (χ0v) is 11.5. The highest BCUT2D eigenvalue weighted by atomic mass is 16.4. The first kappa shape index (κ1) is 14.8.